The molecular formula is C21H17BrN4OS2. The van der Waals surface area contributed by atoms with Crippen molar-refractivity contribution >= 4 is 50.1 Å². The minimum Gasteiger partial charge on any atom is -0.301 e. The minimum absolute atomic E-state index is 0.102. The van der Waals surface area contributed by atoms with Crippen LogP contribution in [0, 0.1) is 6.92 Å². The Hall–Kier alpha value is -2.42. The van der Waals surface area contributed by atoms with Crippen molar-refractivity contribution in [2.45, 2.75) is 12.1 Å². The lowest BCUT2D eigenvalue weighted by atomic mass is 10.1. The first-order valence-electron chi connectivity index (χ1n) is 8.83. The third kappa shape index (κ3) is 4.60. The Morgan fingerprint density at radius 3 is 2.69 bits per heavy atom. The van der Waals surface area contributed by atoms with Gasteiger partial charge in [0.25, 0.3) is 0 Å². The lowest BCUT2D eigenvalue weighted by molar-refractivity contribution is -0.113. The van der Waals surface area contributed by atoms with Gasteiger partial charge in [-0.2, -0.15) is 0 Å². The summed E-state index contributed by atoms with van der Waals surface area (Å²) in [6, 6.07) is 16.3. The van der Waals surface area contributed by atoms with Gasteiger partial charge >= 0.3 is 0 Å². The molecule has 4 aromatic rings. The van der Waals surface area contributed by atoms with Gasteiger partial charge < -0.3 is 5.32 Å². The highest BCUT2D eigenvalue weighted by Crippen LogP contribution is 2.31. The van der Waals surface area contributed by atoms with Gasteiger partial charge in [0.1, 0.15) is 0 Å². The Balaban J connectivity index is 1.66. The predicted octanol–water partition coefficient (Wildman–Crippen LogP) is 5.80. The van der Waals surface area contributed by atoms with Crippen molar-refractivity contribution in [3.8, 4) is 16.9 Å². The molecule has 0 radical (unpaired) electrons. The number of carbonyl (C=O) groups is 1. The number of hydrogen-bond acceptors (Lipinski definition) is 5. The number of amides is 1. The second-order valence-corrected chi connectivity index (χ2v) is 8.98. The molecule has 1 N–H and O–H groups in total. The largest absolute Gasteiger partial charge is 0.301 e. The van der Waals surface area contributed by atoms with Crippen molar-refractivity contribution in [2.75, 3.05) is 11.1 Å². The monoisotopic (exact) mass is 484 g/mol. The molecule has 0 atom stereocenters. The summed E-state index contributed by atoms with van der Waals surface area (Å²) in [5.41, 5.74) is 4.22. The molecule has 0 saturated carbocycles. The summed E-state index contributed by atoms with van der Waals surface area (Å²) in [6.07, 6.45) is 3.53. The zero-order chi connectivity index (χ0) is 20.2. The predicted molar refractivity (Wildman–Crippen MR) is 123 cm³/mol. The van der Waals surface area contributed by atoms with Crippen LogP contribution < -0.4 is 5.32 Å². The molecule has 0 saturated heterocycles. The third-order valence-corrected chi connectivity index (χ3v) is 6.41. The average Bonchev–Trinajstić information content (AvgIpc) is 3.37. The van der Waals surface area contributed by atoms with Crippen LogP contribution in [0.4, 0.5) is 5.13 Å². The Morgan fingerprint density at radius 1 is 1.17 bits per heavy atom. The van der Waals surface area contributed by atoms with Gasteiger partial charge in [-0.1, -0.05) is 58.0 Å². The summed E-state index contributed by atoms with van der Waals surface area (Å²) in [6.45, 7) is 2.07. The second-order valence-electron chi connectivity index (χ2n) is 6.23. The van der Waals surface area contributed by atoms with Crippen LogP contribution in [-0.2, 0) is 4.79 Å². The number of rotatable bonds is 6. The first-order chi connectivity index (χ1) is 14.1. The van der Waals surface area contributed by atoms with Crippen molar-refractivity contribution in [2.24, 2.45) is 0 Å². The van der Waals surface area contributed by atoms with Crippen LogP contribution in [0.5, 0.6) is 0 Å². The molecule has 2 aromatic carbocycles. The smallest absolute Gasteiger partial charge is 0.236 e. The van der Waals surface area contributed by atoms with E-state index in [2.05, 4.69) is 67.0 Å². The van der Waals surface area contributed by atoms with Gasteiger partial charge in [-0.15, -0.1) is 11.3 Å². The van der Waals surface area contributed by atoms with Crippen molar-refractivity contribution < 1.29 is 4.79 Å². The first-order valence-corrected chi connectivity index (χ1v) is 11.5. The summed E-state index contributed by atoms with van der Waals surface area (Å²) in [7, 11) is 0. The van der Waals surface area contributed by atoms with Crippen LogP contribution >= 0.6 is 39.0 Å². The summed E-state index contributed by atoms with van der Waals surface area (Å²) in [5.74, 6) is 0.150. The number of carbonyl (C=O) groups excluding carboxylic acids is 1. The maximum Gasteiger partial charge on any atom is 0.236 e. The molecule has 8 heteroatoms. The van der Waals surface area contributed by atoms with E-state index in [1.807, 2.05) is 35.8 Å². The molecule has 5 nitrogen and oxygen atoms in total. The van der Waals surface area contributed by atoms with Gasteiger partial charge in [0, 0.05) is 21.6 Å². The van der Waals surface area contributed by atoms with Crippen LogP contribution in [-0.4, -0.2) is 26.2 Å². The Morgan fingerprint density at radius 2 is 1.97 bits per heavy atom. The van der Waals surface area contributed by atoms with E-state index in [1.165, 1.54) is 23.1 Å². The van der Waals surface area contributed by atoms with Gasteiger partial charge in [-0.05, 0) is 30.7 Å². The minimum atomic E-state index is -0.102. The second kappa shape index (κ2) is 8.94. The van der Waals surface area contributed by atoms with Crippen LogP contribution in [0.1, 0.15) is 5.56 Å². The quantitative estimate of drug-likeness (QED) is 0.351. The maximum atomic E-state index is 12.3. The number of nitrogens with one attached hydrogen (secondary N) is 1. The lowest BCUT2D eigenvalue weighted by Gasteiger charge is -2.14. The third-order valence-electron chi connectivity index (χ3n) is 4.24. The summed E-state index contributed by atoms with van der Waals surface area (Å²) in [4.78, 5) is 21.0. The number of benzene rings is 2. The molecule has 2 aromatic heterocycles. The van der Waals surface area contributed by atoms with Crippen molar-refractivity contribution in [3.05, 3.63) is 76.3 Å². The molecule has 4 rings (SSSR count). The highest BCUT2D eigenvalue weighted by molar-refractivity contribution is 9.10. The van der Waals surface area contributed by atoms with E-state index in [1.54, 1.807) is 6.20 Å². The SMILES string of the molecule is Cc1ccccc1-n1c(-c2ccc(Br)cc2)cnc1SCC(=O)Nc1nccs1. The summed E-state index contributed by atoms with van der Waals surface area (Å²) in [5, 5.41) is 6.02. The zero-order valence-corrected chi connectivity index (χ0v) is 18.7. The van der Waals surface area contributed by atoms with Crippen LogP contribution in [0.15, 0.2) is 75.9 Å². The van der Waals surface area contributed by atoms with Crippen molar-refractivity contribution in [3.63, 3.8) is 0 Å². The highest BCUT2D eigenvalue weighted by Gasteiger charge is 2.17. The standard InChI is InChI=1S/C21H17BrN4OS2/c1-14-4-2-3-5-17(14)26-18(15-6-8-16(22)9-7-15)12-24-21(26)29-13-19(27)25-20-23-10-11-28-20/h2-12H,13H2,1H3,(H,23,25,27). The van der Waals surface area contributed by atoms with E-state index in [9.17, 15) is 4.79 Å². The molecule has 1 amide bonds. The fourth-order valence-corrected chi connectivity index (χ4v) is 4.47. The van der Waals surface area contributed by atoms with Crippen LogP contribution in [0.25, 0.3) is 16.9 Å². The highest BCUT2D eigenvalue weighted by atomic mass is 79.9. The molecule has 146 valence electrons. The molecular weight excluding hydrogens is 468 g/mol. The molecule has 0 fully saturated rings. The normalized spacial score (nSPS) is 10.8. The fourth-order valence-electron chi connectivity index (χ4n) is 2.88. The number of thiazole rings is 1. The van der Waals surface area contributed by atoms with E-state index >= 15 is 0 Å². The number of aryl methyl sites for hydroxylation is 1. The number of hydrogen-bond donors (Lipinski definition) is 1. The first kappa shape index (κ1) is 19.9. The molecule has 0 aliphatic heterocycles. The molecule has 0 bridgehead atoms. The number of aromatic nitrogens is 3. The number of imidazole rings is 1. The van der Waals surface area contributed by atoms with Crippen molar-refractivity contribution in [1.82, 2.24) is 14.5 Å². The van der Waals surface area contributed by atoms with E-state index in [0.717, 1.165) is 32.1 Å². The zero-order valence-electron chi connectivity index (χ0n) is 15.5. The van der Waals surface area contributed by atoms with E-state index < -0.39 is 0 Å². The van der Waals surface area contributed by atoms with Crippen LogP contribution in [0.2, 0.25) is 0 Å². The lowest BCUT2D eigenvalue weighted by Crippen LogP contribution is -2.14. The van der Waals surface area contributed by atoms with Crippen LogP contribution in [0.3, 0.4) is 0 Å². The fraction of sp³-hybridized carbons (Fsp3) is 0.0952. The van der Waals surface area contributed by atoms with E-state index in [0.29, 0.717) is 5.13 Å². The molecule has 29 heavy (non-hydrogen) atoms. The summed E-state index contributed by atoms with van der Waals surface area (Å²) < 4.78 is 3.14. The topological polar surface area (TPSA) is 59.8 Å². The molecule has 0 spiro atoms. The molecule has 0 unspecified atom stereocenters. The number of nitrogens with zero attached hydrogens (tertiary/aromatic N) is 3. The van der Waals surface area contributed by atoms with Gasteiger partial charge in [-0.3, -0.25) is 9.36 Å². The average molecular weight is 485 g/mol. The van der Waals surface area contributed by atoms with Crippen molar-refractivity contribution in [1.29, 1.82) is 0 Å². The van der Waals surface area contributed by atoms with Gasteiger partial charge in [0.15, 0.2) is 10.3 Å². The maximum absolute atomic E-state index is 12.3. The number of thioether (sulfide) groups is 1. The van der Waals surface area contributed by atoms with Gasteiger partial charge in [0.05, 0.1) is 23.3 Å². The summed E-state index contributed by atoms with van der Waals surface area (Å²) >= 11 is 6.30. The van der Waals surface area contributed by atoms with Gasteiger partial charge in [-0.25, -0.2) is 9.97 Å². The Kier molecular flexibility index (Phi) is 6.13. The molecule has 0 aliphatic rings. The van der Waals surface area contributed by atoms with Gasteiger partial charge in [0.2, 0.25) is 5.91 Å². The Bertz CT molecular complexity index is 1120. The van der Waals surface area contributed by atoms with E-state index in [4.69, 9.17) is 0 Å². The number of anilines is 1. The molecule has 0 aliphatic carbocycles. The van der Waals surface area contributed by atoms with E-state index in [-0.39, 0.29) is 11.7 Å². The number of halogens is 1. The molecule has 2 heterocycles. The number of para-hydroxylation sites is 1. The Labute approximate surface area is 185 Å².